The predicted molar refractivity (Wildman–Crippen MR) is 81.8 cm³/mol. The van der Waals surface area contributed by atoms with Crippen LogP contribution in [0, 0.1) is 13.8 Å². The van der Waals surface area contributed by atoms with Gasteiger partial charge in [0.25, 0.3) is 12.3 Å². The summed E-state index contributed by atoms with van der Waals surface area (Å²) in [6.07, 6.45) is 0.930. The van der Waals surface area contributed by atoms with E-state index in [1.54, 1.807) is 20.9 Å². The van der Waals surface area contributed by atoms with Gasteiger partial charge < -0.3 is 10.1 Å². The van der Waals surface area contributed by atoms with Gasteiger partial charge in [-0.15, -0.1) is 5.10 Å². The zero-order valence-electron chi connectivity index (χ0n) is 13.7. The van der Waals surface area contributed by atoms with Gasteiger partial charge in [0.1, 0.15) is 0 Å². The summed E-state index contributed by atoms with van der Waals surface area (Å²) in [5, 5.41) is 11.4. The van der Waals surface area contributed by atoms with E-state index in [0.717, 1.165) is 12.8 Å². The van der Waals surface area contributed by atoms with Crippen LogP contribution in [0.15, 0.2) is 6.20 Å². The summed E-state index contributed by atoms with van der Waals surface area (Å²) in [4.78, 5) is 12.2. The molecule has 1 amide bonds. The van der Waals surface area contributed by atoms with Crippen LogP contribution in [0.4, 0.5) is 8.78 Å². The Morgan fingerprint density at radius 2 is 2.17 bits per heavy atom. The number of hydrogen-bond acceptors (Lipinski definition) is 4. The van der Waals surface area contributed by atoms with Crippen molar-refractivity contribution in [2.45, 2.75) is 39.2 Å². The zero-order chi connectivity index (χ0) is 17.4. The Balaban J connectivity index is 1.88. The molecule has 24 heavy (non-hydrogen) atoms. The van der Waals surface area contributed by atoms with Crippen molar-refractivity contribution < 1.29 is 18.3 Å². The lowest BCUT2D eigenvalue weighted by Crippen LogP contribution is -2.25. The maximum Gasteiger partial charge on any atom is 0.272 e. The number of rotatable bonds is 6. The molecule has 2 aromatic rings. The Kier molecular flexibility index (Phi) is 4.25. The quantitative estimate of drug-likeness (QED) is 0.870. The molecular formula is C15H19F2N5O2. The first kappa shape index (κ1) is 16.4. The third-order valence-electron chi connectivity index (χ3n) is 3.91. The molecule has 0 bridgehead atoms. The van der Waals surface area contributed by atoms with Crippen molar-refractivity contribution in [1.82, 2.24) is 24.9 Å². The Bertz CT molecular complexity index is 764. The number of amides is 1. The molecule has 0 spiro atoms. The van der Waals surface area contributed by atoms with E-state index < -0.39 is 13.0 Å². The molecule has 3 rings (SSSR count). The van der Waals surface area contributed by atoms with Crippen LogP contribution in [0.5, 0.6) is 5.88 Å². The van der Waals surface area contributed by atoms with E-state index in [2.05, 4.69) is 15.5 Å². The number of halogens is 2. The maximum absolute atomic E-state index is 12.4. The number of nitrogens with one attached hydrogen (secondary N) is 1. The van der Waals surface area contributed by atoms with Crippen LogP contribution in [0.1, 0.15) is 34.5 Å². The highest BCUT2D eigenvalue weighted by atomic mass is 19.3. The third-order valence-corrected chi connectivity index (χ3v) is 3.91. The Morgan fingerprint density at radius 1 is 1.46 bits per heavy atom. The van der Waals surface area contributed by atoms with Crippen LogP contribution in [0.3, 0.4) is 0 Å². The monoisotopic (exact) mass is 339 g/mol. The lowest BCUT2D eigenvalue weighted by atomic mass is 10.2. The summed E-state index contributed by atoms with van der Waals surface area (Å²) in [6.45, 7) is 2.78. The number of nitrogens with zero attached hydrogens (tertiary/aromatic N) is 4. The molecule has 0 atom stereocenters. The van der Waals surface area contributed by atoms with Gasteiger partial charge in [0.05, 0.1) is 23.0 Å². The topological polar surface area (TPSA) is 74.0 Å². The highest BCUT2D eigenvalue weighted by Gasteiger charge is 2.26. The average Bonchev–Trinajstić information content (AvgIpc) is 3.17. The summed E-state index contributed by atoms with van der Waals surface area (Å²) in [5.41, 5.74) is 1.69. The Morgan fingerprint density at radius 3 is 2.79 bits per heavy atom. The molecule has 2 heterocycles. The van der Waals surface area contributed by atoms with Crippen molar-refractivity contribution in [3.63, 3.8) is 0 Å². The van der Waals surface area contributed by atoms with Crippen molar-refractivity contribution in [1.29, 1.82) is 0 Å². The van der Waals surface area contributed by atoms with E-state index >= 15 is 0 Å². The number of carbonyl (C=O) groups is 1. The third kappa shape index (κ3) is 3.10. The van der Waals surface area contributed by atoms with Gasteiger partial charge in [-0.3, -0.25) is 4.79 Å². The second kappa shape index (κ2) is 6.21. The smallest absolute Gasteiger partial charge is 0.272 e. The number of carbonyl (C=O) groups excluding carboxylic acids is 1. The second-order valence-corrected chi connectivity index (χ2v) is 5.88. The first-order valence-corrected chi connectivity index (χ1v) is 7.69. The molecule has 130 valence electrons. The minimum Gasteiger partial charge on any atom is -0.472 e. The average molecular weight is 339 g/mol. The van der Waals surface area contributed by atoms with Gasteiger partial charge in [0, 0.05) is 13.1 Å². The standard InChI is InChI=1S/C15H19F2N5O2/c1-8-13(20-21(3)15(8)24-7-12(16)17)22-9(2)11(6-18-22)14(23)19-10-4-5-10/h6,10,12H,4-5,7H2,1-3H3,(H,19,23). The van der Waals surface area contributed by atoms with Gasteiger partial charge in [-0.25, -0.2) is 18.1 Å². The lowest BCUT2D eigenvalue weighted by Gasteiger charge is -2.06. The zero-order valence-corrected chi connectivity index (χ0v) is 13.7. The molecule has 1 fully saturated rings. The molecule has 1 aliphatic carbocycles. The van der Waals surface area contributed by atoms with E-state index in [1.165, 1.54) is 15.6 Å². The molecule has 0 unspecified atom stereocenters. The molecule has 1 saturated carbocycles. The number of aromatic nitrogens is 4. The van der Waals surface area contributed by atoms with Gasteiger partial charge in [0.15, 0.2) is 12.4 Å². The van der Waals surface area contributed by atoms with Crippen LogP contribution in [-0.2, 0) is 7.05 Å². The molecular weight excluding hydrogens is 320 g/mol. The lowest BCUT2D eigenvalue weighted by molar-refractivity contribution is 0.0770. The summed E-state index contributed by atoms with van der Waals surface area (Å²) in [6, 6.07) is 0.256. The van der Waals surface area contributed by atoms with Crippen molar-refractivity contribution >= 4 is 5.91 Å². The van der Waals surface area contributed by atoms with Crippen LogP contribution < -0.4 is 10.1 Å². The van der Waals surface area contributed by atoms with Gasteiger partial charge in [-0.05, 0) is 26.7 Å². The molecule has 9 heteroatoms. The fourth-order valence-electron chi connectivity index (χ4n) is 2.48. The molecule has 7 nitrogen and oxygen atoms in total. The molecule has 1 N–H and O–H groups in total. The fraction of sp³-hybridized carbons (Fsp3) is 0.533. The minimum atomic E-state index is -2.56. The fourth-order valence-corrected chi connectivity index (χ4v) is 2.48. The van der Waals surface area contributed by atoms with Crippen molar-refractivity contribution in [3.05, 3.63) is 23.0 Å². The molecule has 0 aliphatic heterocycles. The number of hydrogen-bond donors (Lipinski definition) is 1. The molecule has 1 aliphatic rings. The van der Waals surface area contributed by atoms with Gasteiger partial charge in [0.2, 0.25) is 5.88 Å². The highest BCUT2D eigenvalue weighted by molar-refractivity contribution is 5.95. The van der Waals surface area contributed by atoms with Crippen LogP contribution in [0.2, 0.25) is 0 Å². The van der Waals surface area contributed by atoms with E-state index in [-0.39, 0.29) is 17.8 Å². The summed E-state index contributed by atoms with van der Waals surface area (Å²) in [7, 11) is 1.61. The normalized spacial score (nSPS) is 14.2. The van der Waals surface area contributed by atoms with Crippen LogP contribution in [-0.4, -0.2) is 44.5 Å². The first-order valence-electron chi connectivity index (χ1n) is 7.69. The van der Waals surface area contributed by atoms with E-state index in [9.17, 15) is 13.6 Å². The maximum atomic E-state index is 12.4. The minimum absolute atomic E-state index is 0.163. The first-order chi connectivity index (χ1) is 11.4. The van der Waals surface area contributed by atoms with Crippen molar-refractivity contribution in [3.8, 4) is 11.7 Å². The number of aryl methyl sites for hydroxylation is 1. The van der Waals surface area contributed by atoms with Crippen molar-refractivity contribution in [2.75, 3.05) is 6.61 Å². The van der Waals surface area contributed by atoms with E-state index in [1.807, 2.05) is 0 Å². The van der Waals surface area contributed by atoms with Crippen molar-refractivity contribution in [2.24, 2.45) is 7.05 Å². The molecule has 2 aromatic heterocycles. The summed E-state index contributed by atoms with van der Waals surface area (Å²) in [5.74, 6) is 0.540. The predicted octanol–water partition coefficient (Wildman–Crippen LogP) is 1.76. The molecule has 0 radical (unpaired) electrons. The van der Waals surface area contributed by atoms with Gasteiger partial charge in [-0.2, -0.15) is 5.10 Å². The number of ether oxygens (including phenoxy) is 1. The SMILES string of the molecule is Cc1c(-n2ncc(C(=O)NC3CC3)c2C)nn(C)c1OCC(F)F. The van der Waals surface area contributed by atoms with Gasteiger partial charge >= 0.3 is 0 Å². The largest absolute Gasteiger partial charge is 0.472 e. The summed E-state index contributed by atoms with van der Waals surface area (Å²) < 4.78 is 32.7. The Labute approximate surface area is 137 Å². The number of alkyl halides is 2. The van der Waals surface area contributed by atoms with Gasteiger partial charge in [-0.1, -0.05) is 0 Å². The molecule has 0 saturated heterocycles. The highest BCUT2D eigenvalue weighted by Crippen LogP contribution is 2.26. The second-order valence-electron chi connectivity index (χ2n) is 5.88. The molecule has 0 aromatic carbocycles. The van der Waals surface area contributed by atoms with E-state index in [0.29, 0.717) is 22.6 Å². The van der Waals surface area contributed by atoms with E-state index in [4.69, 9.17) is 4.74 Å². The Hall–Kier alpha value is -2.45. The van der Waals surface area contributed by atoms with Crippen LogP contribution in [0.25, 0.3) is 5.82 Å². The summed E-state index contributed by atoms with van der Waals surface area (Å²) >= 11 is 0. The van der Waals surface area contributed by atoms with Crippen LogP contribution >= 0.6 is 0 Å².